The normalized spacial score (nSPS) is 31.7. The second-order valence-corrected chi connectivity index (χ2v) is 6.42. The first-order valence-electron chi connectivity index (χ1n) is 6.79. The highest BCUT2D eigenvalue weighted by Crippen LogP contribution is 2.42. The minimum absolute atomic E-state index is 0.227. The molecule has 0 unspecified atom stereocenters. The highest BCUT2D eigenvalue weighted by atomic mass is 16.3. The lowest BCUT2D eigenvalue weighted by Gasteiger charge is -2.44. The fourth-order valence-electron chi connectivity index (χ4n) is 3.14. The van der Waals surface area contributed by atoms with Crippen LogP contribution in [0.3, 0.4) is 0 Å². The third-order valence-electron chi connectivity index (χ3n) is 4.31. The molecule has 0 aromatic rings. The molecule has 0 saturated heterocycles. The maximum atomic E-state index is 9.20. The summed E-state index contributed by atoms with van der Waals surface area (Å²) in [5.41, 5.74) is 0.669. The van der Waals surface area contributed by atoms with Crippen LogP contribution in [0.4, 0.5) is 0 Å². The largest absolute Gasteiger partial charge is 0.396 e. The molecule has 2 heteroatoms. The molecule has 0 aliphatic heterocycles. The average Bonchev–Trinajstić information content (AvgIpc) is 2.17. The Morgan fingerprint density at radius 3 is 2.19 bits per heavy atom. The molecule has 1 saturated carbocycles. The summed E-state index contributed by atoms with van der Waals surface area (Å²) in [7, 11) is 0. The molecule has 0 bridgehead atoms. The van der Waals surface area contributed by atoms with Gasteiger partial charge in [0.25, 0.3) is 0 Å². The third-order valence-corrected chi connectivity index (χ3v) is 4.31. The smallest absolute Gasteiger partial charge is 0.0448 e. The van der Waals surface area contributed by atoms with Gasteiger partial charge in [0.1, 0.15) is 0 Å². The van der Waals surface area contributed by atoms with Gasteiger partial charge in [0.15, 0.2) is 0 Å². The van der Waals surface area contributed by atoms with E-state index in [4.69, 9.17) is 0 Å². The monoisotopic (exact) mass is 227 g/mol. The summed E-state index contributed by atoms with van der Waals surface area (Å²) in [6, 6.07) is 0. The van der Waals surface area contributed by atoms with Crippen molar-refractivity contribution in [1.82, 2.24) is 5.32 Å². The van der Waals surface area contributed by atoms with Gasteiger partial charge in [0, 0.05) is 12.1 Å². The lowest BCUT2D eigenvalue weighted by Crippen LogP contribution is -2.49. The van der Waals surface area contributed by atoms with Crippen molar-refractivity contribution in [2.75, 3.05) is 13.2 Å². The van der Waals surface area contributed by atoms with Gasteiger partial charge in [0.2, 0.25) is 0 Å². The van der Waals surface area contributed by atoms with E-state index >= 15 is 0 Å². The molecule has 0 radical (unpaired) electrons. The predicted molar refractivity (Wildman–Crippen MR) is 69.5 cm³/mol. The maximum Gasteiger partial charge on any atom is 0.0448 e. The van der Waals surface area contributed by atoms with Crippen molar-refractivity contribution in [3.05, 3.63) is 0 Å². The third kappa shape index (κ3) is 3.46. The topological polar surface area (TPSA) is 32.3 Å². The molecule has 1 aliphatic rings. The first-order valence-corrected chi connectivity index (χ1v) is 6.79. The second kappa shape index (κ2) is 5.50. The molecule has 96 valence electrons. The van der Waals surface area contributed by atoms with E-state index in [9.17, 15) is 5.11 Å². The number of aliphatic hydroxyl groups excluding tert-OH is 1. The SMILES string of the molecule is CCNC1(CCO)CCC(C(C)(C)C)CC1. The van der Waals surface area contributed by atoms with Crippen LogP contribution < -0.4 is 5.32 Å². The van der Waals surface area contributed by atoms with Crippen LogP contribution in [0.2, 0.25) is 0 Å². The highest BCUT2D eigenvalue weighted by Gasteiger charge is 2.37. The van der Waals surface area contributed by atoms with Crippen molar-refractivity contribution in [3.8, 4) is 0 Å². The van der Waals surface area contributed by atoms with Crippen LogP contribution in [0.25, 0.3) is 0 Å². The van der Waals surface area contributed by atoms with Crippen LogP contribution in [0.1, 0.15) is 59.8 Å². The molecule has 0 amide bonds. The standard InChI is InChI=1S/C14H29NO/c1-5-15-14(10-11-16)8-6-12(7-9-14)13(2,3)4/h12,15-16H,5-11H2,1-4H3. The summed E-state index contributed by atoms with van der Waals surface area (Å²) < 4.78 is 0. The highest BCUT2D eigenvalue weighted by molar-refractivity contribution is 4.94. The van der Waals surface area contributed by atoms with Crippen molar-refractivity contribution in [1.29, 1.82) is 0 Å². The lowest BCUT2D eigenvalue weighted by molar-refractivity contribution is 0.0953. The summed E-state index contributed by atoms with van der Waals surface area (Å²) in [5, 5.41) is 12.8. The molecular weight excluding hydrogens is 198 g/mol. The Morgan fingerprint density at radius 2 is 1.81 bits per heavy atom. The summed E-state index contributed by atoms with van der Waals surface area (Å²) in [4.78, 5) is 0. The Morgan fingerprint density at radius 1 is 1.25 bits per heavy atom. The van der Waals surface area contributed by atoms with Crippen molar-refractivity contribution < 1.29 is 5.11 Å². The van der Waals surface area contributed by atoms with E-state index in [-0.39, 0.29) is 5.54 Å². The van der Waals surface area contributed by atoms with E-state index in [1.807, 2.05) is 0 Å². The van der Waals surface area contributed by atoms with E-state index in [0.717, 1.165) is 18.9 Å². The van der Waals surface area contributed by atoms with Crippen LogP contribution in [0.5, 0.6) is 0 Å². The quantitative estimate of drug-likeness (QED) is 0.774. The molecular formula is C14H29NO. The minimum atomic E-state index is 0.227. The Hall–Kier alpha value is -0.0800. The number of aliphatic hydroxyl groups is 1. The van der Waals surface area contributed by atoms with Crippen LogP contribution in [0.15, 0.2) is 0 Å². The second-order valence-electron chi connectivity index (χ2n) is 6.42. The molecule has 2 N–H and O–H groups in total. The molecule has 0 aromatic carbocycles. The van der Waals surface area contributed by atoms with Crippen LogP contribution in [-0.2, 0) is 0 Å². The average molecular weight is 227 g/mol. The Labute approximate surface area is 101 Å². The Balaban J connectivity index is 2.55. The van der Waals surface area contributed by atoms with Gasteiger partial charge in [-0.05, 0) is 50.0 Å². The van der Waals surface area contributed by atoms with E-state index in [0.29, 0.717) is 12.0 Å². The molecule has 0 aromatic heterocycles. The Bertz CT molecular complexity index is 191. The lowest BCUT2D eigenvalue weighted by atomic mass is 9.66. The molecule has 0 heterocycles. The zero-order valence-electron chi connectivity index (χ0n) is 11.5. The summed E-state index contributed by atoms with van der Waals surface area (Å²) in [6.45, 7) is 10.5. The van der Waals surface area contributed by atoms with E-state index in [1.165, 1.54) is 25.7 Å². The number of hydrogen-bond donors (Lipinski definition) is 2. The molecule has 0 atom stereocenters. The van der Waals surface area contributed by atoms with Gasteiger partial charge in [-0.15, -0.1) is 0 Å². The van der Waals surface area contributed by atoms with Crippen molar-refractivity contribution in [3.63, 3.8) is 0 Å². The summed E-state index contributed by atoms with van der Waals surface area (Å²) >= 11 is 0. The van der Waals surface area contributed by atoms with Gasteiger partial charge in [-0.1, -0.05) is 27.7 Å². The molecule has 0 spiro atoms. The van der Waals surface area contributed by atoms with E-state index in [1.54, 1.807) is 0 Å². The van der Waals surface area contributed by atoms with Gasteiger partial charge in [-0.3, -0.25) is 0 Å². The number of nitrogens with one attached hydrogen (secondary N) is 1. The van der Waals surface area contributed by atoms with Gasteiger partial charge in [0.05, 0.1) is 0 Å². The minimum Gasteiger partial charge on any atom is -0.396 e. The number of hydrogen-bond acceptors (Lipinski definition) is 2. The number of rotatable bonds is 4. The van der Waals surface area contributed by atoms with Gasteiger partial charge in [-0.2, -0.15) is 0 Å². The van der Waals surface area contributed by atoms with E-state index in [2.05, 4.69) is 33.0 Å². The molecule has 16 heavy (non-hydrogen) atoms. The Kier molecular flexibility index (Phi) is 4.81. The summed E-state index contributed by atoms with van der Waals surface area (Å²) in [6.07, 6.45) is 5.97. The fraction of sp³-hybridized carbons (Fsp3) is 1.00. The van der Waals surface area contributed by atoms with Crippen molar-refractivity contribution in [2.24, 2.45) is 11.3 Å². The van der Waals surface area contributed by atoms with E-state index < -0.39 is 0 Å². The van der Waals surface area contributed by atoms with Crippen molar-refractivity contribution in [2.45, 2.75) is 65.3 Å². The summed E-state index contributed by atoms with van der Waals surface area (Å²) in [5.74, 6) is 0.845. The zero-order chi connectivity index (χ0) is 12.2. The first-order chi connectivity index (χ1) is 7.43. The van der Waals surface area contributed by atoms with Gasteiger partial charge >= 0.3 is 0 Å². The molecule has 2 nitrogen and oxygen atoms in total. The van der Waals surface area contributed by atoms with Crippen molar-refractivity contribution >= 4 is 0 Å². The predicted octanol–water partition coefficient (Wildman–Crippen LogP) is 2.95. The van der Waals surface area contributed by atoms with Gasteiger partial charge in [-0.25, -0.2) is 0 Å². The molecule has 1 aliphatic carbocycles. The molecule has 1 fully saturated rings. The maximum absolute atomic E-state index is 9.20. The zero-order valence-corrected chi connectivity index (χ0v) is 11.5. The van der Waals surface area contributed by atoms with Crippen LogP contribution >= 0.6 is 0 Å². The first kappa shape index (κ1) is 14.0. The van der Waals surface area contributed by atoms with Gasteiger partial charge < -0.3 is 10.4 Å². The van der Waals surface area contributed by atoms with Crippen LogP contribution in [0, 0.1) is 11.3 Å². The van der Waals surface area contributed by atoms with Crippen LogP contribution in [-0.4, -0.2) is 23.8 Å². The fourth-order valence-corrected chi connectivity index (χ4v) is 3.14. The molecule has 1 rings (SSSR count).